The molecule has 0 saturated carbocycles. The van der Waals surface area contributed by atoms with Crippen LogP contribution >= 0.6 is 0 Å². The van der Waals surface area contributed by atoms with Crippen molar-refractivity contribution in [1.82, 2.24) is 0 Å². The van der Waals surface area contributed by atoms with Crippen LogP contribution in [0.3, 0.4) is 0 Å². The molecule has 0 nitrogen and oxygen atoms in total. The normalized spacial score (nSPS) is 31.4. The van der Waals surface area contributed by atoms with E-state index in [1.165, 1.54) is 38.5 Å². The summed E-state index contributed by atoms with van der Waals surface area (Å²) < 4.78 is 0. The van der Waals surface area contributed by atoms with Crippen LogP contribution in [-0.2, 0) is 0 Å². The largest absolute Gasteiger partial charge is 0.0850 e. The highest BCUT2D eigenvalue weighted by Crippen LogP contribution is 2.27. The van der Waals surface area contributed by atoms with Gasteiger partial charge in [0.2, 0.25) is 0 Å². The molecule has 0 amide bonds. The Bertz CT molecular complexity index is 285. The van der Waals surface area contributed by atoms with E-state index in [9.17, 15) is 0 Å². The van der Waals surface area contributed by atoms with Gasteiger partial charge in [0, 0.05) is 0 Å². The lowest BCUT2D eigenvalue weighted by molar-refractivity contribution is 0.538. The van der Waals surface area contributed by atoms with Crippen molar-refractivity contribution in [2.45, 2.75) is 52.4 Å². The summed E-state index contributed by atoms with van der Waals surface area (Å²) in [5.74, 6) is 1.63. The molecule has 0 fully saturated rings. The van der Waals surface area contributed by atoms with E-state index in [2.05, 4.69) is 38.2 Å². The Labute approximate surface area is 100 Å². The Morgan fingerprint density at radius 2 is 1.31 bits per heavy atom. The molecule has 0 N–H and O–H groups in total. The molecule has 0 saturated heterocycles. The van der Waals surface area contributed by atoms with Gasteiger partial charge in [-0.3, -0.25) is 0 Å². The minimum Gasteiger partial charge on any atom is -0.0850 e. The van der Waals surface area contributed by atoms with Crippen LogP contribution in [0.15, 0.2) is 35.5 Å². The fourth-order valence-corrected chi connectivity index (χ4v) is 2.63. The van der Waals surface area contributed by atoms with Gasteiger partial charge in [-0.05, 0) is 64.2 Å². The van der Waals surface area contributed by atoms with Gasteiger partial charge in [0.15, 0.2) is 0 Å². The van der Waals surface area contributed by atoms with Crippen LogP contribution in [-0.4, -0.2) is 0 Å². The van der Waals surface area contributed by atoms with Crippen LogP contribution in [0.1, 0.15) is 52.4 Å². The van der Waals surface area contributed by atoms with Crippen molar-refractivity contribution < 1.29 is 0 Å². The van der Waals surface area contributed by atoms with Gasteiger partial charge in [0.05, 0.1) is 0 Å². The summed E-state index contributed by atoms with van der Waals surface area (Å²) >= 11 is 0. The Morgan fingerprint density at radius 3 is 1.62 bits per heavy atom. The SMILES string of the molecule is CC1=CCC(C=CC2CC=C(C)CC2)CC1. The van der Waals surface area contributed by atoms with E-state index in [-0.39, 0.29) is 0 Å². The summed E-state index contributed by atoms with van der Waals surface area (Å²) in [6.45, 7) is 4.52. The first-order valence-electron chi connectivity index (χ1n) is 6.73. The fraction of sp³-hybridized carbons (Fsp3) is 0.625. The zero-order valence-corrected chi connectivity index (χ0v) is 10.7. The van der Waals surface area contributed by atoms with E-state index in [1.807, 2.05) is 0 Å². The second-order valence-electron chi connectivity index (χ2n) is 5.55. The number of hydrogen-bond donors (Lipinski definition) is 0. The molecule has 0 aromatic carbocycles. The van der Waals surface area contributed by atoms with Crippen LogP contribution in [0.4, 0.5) is 0 Å². The highest BCUT2D eigenvalue weighted by molar-refractivity contribution is 5.10. The fourth-order valence-electron chi connectivity index (χ4n) is 2.63. The third-order valence-corrected chi connectivity index (χ3v) is 4.01. The Kier molecular flexibility index (Phi) is 4.04. The maximum absolute atomic E-state index is 2.49. The zero-order valence-electron chi connectivity index (χ0n) is 10.7. The first kappa shape index (κ1) is 11.7. The summed E-state index contributed by atoms with van der Waals surface area (Å²) in [4.78, 5) is 0. The summed E-state index contributed by atoms with van der Waals surface area (Å²) in [5.41, 5.74) is 3.17. The van der Waals surface area contributed by atoms with E-state index in [0.717, 1.165) is 11.8 Å². The Morgan fingerprint density at radius 1 is 0.875 bits per heavy atom. The smallest absolute Gasteiger partial charge is 0.0196 e. The average Bonchev–Trinajstić information content (AvgIpc) is 2.30. The summed E-state index contributed by atoms with van der Waals surface area (Å²) in [5, 5.41) is 0. The zero-order chi connectivity index (χ0) is 11.4. The number of allylic oxidation sites excluding steroid dienone is 6. The van der Waals surface area contributed by atoms with Crippen molar-refractivity contribution in [3.8, 4) is 0 Å². The van der Waals surface area contributed by atoms with Crippen molar-refractivity contribution in [2.24, 2.45) is 11.8 Å². The lowest BCUT2D eigenvalue weighted by Crippen LogP contribution is -2.05. The molecule has 88 valence electrons. The van der Waals surface area contributed by atoms with Crippen molar-refractivity contribution in [2.75, 3.05) is 0 Å². The standard InChI is InChI=1S/C16H24/c1-13-3-7-15(8-4-13)11-12-16-9-5-14(2)6-10-16/h3,5,11-12,15-16H,4,6-10H2,1-2H3. The quantitative estimate of drug-likeness (QED) is 0.567. The van der Waals surface area contributed by atoms with Crippen molar-refractivity contribution in [1.29, 1.82) is 0 Å². The maximum atomic E-state index is 2.49. The van der Waals surface area contributed by atoms with Gasteiger partial charge >= 0.3 is 0 Å². The molecule has 0 heteroatoms. The number of rotatable bonds is 2. The predicted molar refractivity (Wildman–Crippen MR) is 71.3 cm³/mol. The molecule has 0 aromatic heterocycles. The van der Waals surface area contributed by atoms with Crippen molar-refractivity contribution >= 4 is 0 Å². The van der Waals surface area contributed by atoms with E-state index >= 15 is 0 Å². The minimum absolute atomic E-state index is 0.815. The van der Waals surface area contributed by atoms with Crippen LogP contribution in [0.25, 0.3) is 0 Å². The van der Waals surface area contributed by atoms with Gasteiger partial charge in [-0.25, -0.2) is 0 Å². The molecule has 0 aliphatic heterocycles. The summed E-state index contributed by atoms with van der Waals surface area (Å²) in [7, 11) is 0. The minimum atomic E-state index is 0.815. The monoisotopic (exact) mass is 216 g/mol. The van der Waals surface area contributed by atoms with E-state index in [0.29, 0.717) is 0 Å². The lowest BCUT2D eigenvalue weighted by Gasteiger charge is -2.20. The lowest BCUT2D eigenvalue weighted by atomic mass is 9.86. The molecular formula is C16H24. The van der Waals surface area contributed by atoms with Gasteiger partial charge in [-0.1, -0.05) is 35.5 Å². The Hall–Kier alpha value is -0.780. The molecule has 2 aliphatic carbocycles. The molecule has 0 spiro atoms. The predicted octanol–water partition coefficient (Wildman–Crippen LogP) is 5.04. The van der Waals surface area contributed by atoms with Crippen molar-refractivity contribution in [3.63, 3.8) is 0 Å². The first-order chi connectivity index (χ1) is 7.74. The van der Waals surface area contributed by atoms with Gasteiger partial charge in [-0.2, -0.15) is 0 Å². The van der Waals surface area contributed by atoms with E-state index in [4.69, 9.17) is 0 Å². The molecular weight excluding hydrogens is 192 g/mol. The first-order valence-corrected chi connectivity index (χ1v) is 6.73. The third kappa shape index (κ3) is 3.37. The Balaban J connectivity index is 1.81. The third-order valence-electron chi connectivity index (χ3n) is 4.01. The maximum Gasteiger partial charge on any atom is -0.0196 e. The van der Waals surface area contributed by atoms with Gasteiger partial charge in [0.25, 0.3) is 0 Å². The van der Waals surface area contributed by atoms with Gasteiger partial charge in [-0.15, -0.1) is 0 Å². The average molecular weight is 216 g/mol. The van der Waals surface area contributed by atoms with E-state index in [1.54, 1.807) is 11.1 Å². The summed E-state index contributed by atoms with van der Waals surface area (Å²) in [6.07, 6.45) is 17.7. The molecule has 2 atom stereocenters. The topological polar surface area (TPSA) is 0 Å². The summed E-state index contributed by atoms with van der Waals surface area (Å²) in [6, 6.07) is 0. The second kappa shape index (κ2) is 5.52. The molecule has 0 bridgehead atoms. The van der Waals surface area contributed by atoms with Crippen molar-refractivity contribution in [3.05, 3.63) is 35.5 Å². The molecule has 0 aromatic rings. The number of hydrogen-bond acceptors (Lipinski definition) is 0. The van der Waals surface area contributed by atoms with Gasteiger partial charge in [0.1, 0.15) is 0 Å². The molecule has 2 aliphatic rings. The highest BCUT2D eigenvalue weighted by Gasteiger charge is 2.12. The van der Waals surface area contributed by atoms with Crippen LogP contribution in [0.2, 0.25) is 0 Å². The van der Waals surface area contributed by atoms with Crippen LogP contribution in [0.5, 0.6) is 0 Å². The van der Waals surface area contributed by atoms with Crippen LogP contribution < -0.4 is 0 Å². The molecule has 0 heterocycles. The van der Waals surface area contributed by atoms with E-state index < -0.39 is 0 Å². The molecule has 2 rings (SSSR count). The molecule has 16 heavy (non-hydrogen) atoms. The molecule has 2 unspecified atom stereocenters. The second-order valence-corrected chi connectivity index (χ2v) is 5.55. The highest BCUT2D eigenvalue weighted by atomic mass is 14.2. The van der Waals surface area contributed by atoms with Gasteiger partial charge < -0.3 is 0 Å². The van der Waals surface area contributed by atoms with Crippen LogP contribution in [0, 0.1) is 11.8 Å². The molecule has 0 radical (unpaired) electrons.